The predicted molar refractivity (Wildman–Crippen MR) is 62.6 cm³/mol. The highest BCUT2D eigenvalue weighted by Crippen LogP contribution is 2.06. The largest absolute Gasteiger partial charge is 0.395 e. The van der Waals surface area contributed by atoms with Crippen molar-refractivity contribution in [2.75, 3.05) is 18.9 Å². The van der Waals surface area contributed by atoms with Crippen molar-refractivity contribution in [3.63, 3.8) is 0 Å². The van der Waals surface area contributed by atoms with Crippen molar-refractivity contribution >= 4 is 11.0 Å². The maximum atomic E-state index is 11.6. The molecule has 0 aliphatic carbocycles. The van der Waals surface area contributed by atoms with E-state index in [2.05, 4.69) is 0 Å². The van der Waals surface area contributed by atoms with Crippen LogP contribution in [0.15, 0.2) is 30.3 Å². The Hall–Kier alpha value is -0.710. The molecule has 1 aromatic carbocycles. The van der Waals surface area contributed by atoms with E-state index in [1.165, 1.54) is 0 Å². The molecule has 3 nitrogen and oxygen atoms in total. The van der Waals surface area contributed by atoms with Gasteiger partial charge in [0.05, 0.1) is 17.6 Å². The van der Waals surface area contributed by atoms with Gasteiger partial charge < -0.3 is 5.11 Å². The lowest BCUT2D eigenvalue weighted by molar-refractivity contribution is 0.256. The van der Waals surface area contributed by atoms with Gasteiger partial charge in [-0.1, -0.05) is 37.3 Å². The van der Waals surface area contributed by atoms with Gasteiger partial charge in [-0.3, -0.25) is 0 Å². The van der Waals surface area contributed by atoms with Gasteiger partial charge in [-0.15, -0.1) is 0 Å². The van der Waals surface area contributed by atoms with E-state index >= 15 is 0 Å². The minimum atomic E-state index is -0.992. The molecule has 4 heteroatoms. The Morgan fingerprint density at radius 1 is 1.33 bits per heavy atom. The Balaban J connectivity index is 2.62. The summed E-state index contributed by atoms with van der Waals surface area (Å²) in [5.41, 5.74) is 1.12. The smallest absolute Gasteiger partial charge is 0.0943 e. The average Bonchev–Trinajstić information content (AvgIpc) is 2.29. The molecule has 1 aromatic rings. The first-order chi connectivity index (χ1) is 7.27. The zero-order chi connectivity index (χ0) is 11.1. The summed E-state index contributed by atoms with van der Waals surface area (Å²) in [6.45, 7) is 3.00. The standard InChI is InChI=1S/C11H17NO2S/c1-2-15(14)12(8-9-13)10-11-6-4-3-5-7-11/h3-7,13H,2,8-10H2,1H3. The summed E-state index contributed by atoms with van der Waals surface area (Å²) in [6.07, 6.45) is 0. The minimum Gasteiger partial charge on any atom is -0.395 e. The number of aliphatic hydroxyl groups excluding tert-OH is 1. The zero-order valence-corrected chi connectivity index (χ0v) is 9.74. The monoisotopic (exact) mass is 227 g/mol. The summed E-state index contributed by atoms with van der Waals surface area (Å²) < 4.78 is 13.4. The van der Waals surface area contributed by atoms with Crippen molar-refractivity contribution in [1.82, 2.24) is 4.31 Å². The highest BCUT2D eigenvalue weighted by Gasteiger charge is 2.10. The molecule has 0 amide bonds. The summed E-state index contributed by atoms with van der Waals surface area (Å²) in [5, 5.41) is 8.88. The topological polar surface area (TPSA) is 40.5 Å². The zero-order valence-electron chi connectivity index (χ0n) is 8.93. The molecule has 1 rings (SSSR count). The van der Waals surface area contributed by atoms with Crippen LogP contribution in [0.5, 0.6) is 0 Å². The van der Waals surface area contributed by atoms with Gasteiger partial charge in [-0.05, 0) is 5.56 Å². The molecule has 0 fully saturated rings. The molecule has 1 unspecified atom stereocenters. The van der Waals surface area contributed by atoms with Gasteiger partial charge in [0.2, 0.25) is 0 Å². The number of nitrogens with zero attached hydrogens (tertiary/aromatic N) is 1. The van der Waals surface area contributed by atoms with Gasteiger partial charge in [0.15, 0.2) is 0 Å². The first-order valence-electron chi connectivity index (χ1n) is 5.06. The third-order valence-electron chi connectivity index (χ3n) is 2.09. The van der Waals surface area contributed by atoms with Crippen molar-refractivity contribution in [2.24, 2.45) is 0 Å². The number of hydrogen-bond acceptors (Lipinski definition) is 2. The van der Waals surface area contributed by atoms with Crippen LogP contribution in [-0.2, 0) is 17.5 Å². The van der Waals surface area contributed by atoms with E-state index in [4.69, 9.17) is 5.11 Å². The van der Waals surface area contributed by atoms with Crippen molar-refractivity contribution in [2.45, 2.75) is 13.5 Å². The third-order valence-corrected chi connectivity index (χ3v) is 3.47. The molecule has 0 heterocycles. The lowest BCUT2D eigenvalue weighted by Gasteiger charge is -2.19. The fourth-order valence-electron chi connectivity index (χ4n) is 1.33. The second kappa shape index (κ2) is 6.71. The molecule has 1 N–H and O–H groups in total. The van der Waals surface area contributed by atoms with E-state index in [9.17, 15) is 4.21 Å². The van der Waals surface area contributed by atoms with Crippen LogP contribution in [0.4, 0.5) is 0 Å². The van der Waals surface area contributed by atoms with E-state index < -0.39 is 11.0 Å². The summed E-state index contributed by atoms with van der Waals surface area (Å²) in [7, 11) is -0.992. The van der Waals surface area contributed by atoms with E-state index in [1.807, 2.05) is 37.3 Å². The van der Waals surface area contributed by atoms with Crippen molar-refractivity contribution in [1.29, 1.82) is 0 Å². The van der Waals surface area contributed by atoms with Gasteiger partial charge in [0, 0.05) is 18.8 Å². The maximum absolute atomic E-state index is 11.6. The van der Waals surface area contributed by atoms with Crippen LogP contribution in [0, 0.1) is 0 Å². The van der Waals surface area contributed by atoms with Crippen molar-refractivity contribution in [3.05, 3.63) is 35.9 Å². The molecule has 0 saturated heterocycles. The van der Waals surface area contributed by atoms with Crippen molar-refractivity contribution in [3.8, 4) is 0 Å². The third kappa shape index (κ3) is 4.11. The highest BCUT2D eigenvalue weighted by molar-refractivity contribution is 7.82. The Bertz CT molecular complexity index is 303. The van der Waals surface area contributed by atoms with Crippen molar-refractivity contribution < 1.29 is 9.32 Å². The summed E-state index contributed by atoms with van der Waals surface area (Å²) in [4.78, 5) is 0. The molecule has 1 atom stereocenters. The van der Waals surface area contributed by atoms with Crippen LogP contribution in [0.2, 0.25) is 0 Å². The number of hydrogen-bond donors (Lipinski definition) is 1. The molecular weight excluding hydrogens is 210 g/mol. The molecule has 0 aromatic heterocycles. The van der Waals surface area contributed by atoms with Gasteiger partial charge in [-0.25, -0.2) is 8.51 Å². The van der Waals surface area contributed by atoms with Crippen LogP contribution >= 0.6 is 0 Å². The summed E-state index contributed by atoms with van der Waals surface area (Å²) in [5.74, 6) is 0.590. The van der Waals surface area contributed by atoms with Gasteiger partial charge in [-0.2, -0.15) is 0 Å². The molecule has 0 radical (unpaired) electrons. The lowest BCUT2D eigenvalue weighted by Crippen LogP contribution is -2.29. The first kappa shape index (κ1) is 12.4. The second-order valence-electron chi connectivity index (χ2n) is 3.18. The van der Waals surface area contributed by atoms with Crippen LogP contribution in [0.3, 0.4) is 0 Å². The minimum absolute atomic E-state index is 0.0403. The van der Waals surface area contributed by atoms with E-state index in [1.54, 1.807) is 4.31 Å². The molecule has 0 spiro atoms. The van der Waals surface area contributed by atoms with Crippen LogP contribution in [0.25, 0.3) is 0 Å². The van der Waals surface area contributed by atoms with Crippen LogP contribution in [-0.4, -0.2) is 32.5 Å². The SMILES string of the molecule is CCS(=O)N(CCO)Cc1ccccc1. The molecule has 0 aliphatic heterocycles. The Labute approximate surface area is 93.3 Å². The Morgan fingerprint density at radius 2 is 2.00 bits per heavy atom. The molecule has 15 heavy (non-hydrogen) atoms. The lowest BCUT2D eigenvalue weighted by atomic mass is 10.2. The Morgan fingerprint density at radius 3 is 2.53 bits per heavy atom. The molecule has 0 bridgehead atoms. The fraction of sp³-hybridized carbons (Fsp3) is 0.455. The number of aliphatic hydroxyl groups is 1. The van der Waals surface area contributed by atoms with E-state index in [0.29, 0.717) is 18.8 Å². The maximum Gasteiger partial charge on any atom is 0.0943 e. The second-order valence-corrected chi connectivity index (χ2v) is 4.92. The quantitative estimate of drug-likeness (QED) is 0.792. The molecule has 84 valence electrons. The number of benzene rings is 1. The van der Waals surface area contributed by atoms with Gasteiger partial charge in [0.1, 0.15) is 0 Å². The fourth-order valence-corrected chi connectivity index (χ4v) is 2.28. The normalized spacial score (nSPS) is 13.0. The predicted octanol–water partition coefficient (Wildman–Crippen LogP) is 1.16. The molecular formula is C11H17NO2S. The average molecular weight is 227 g/mol. The molecule has 0 saturated carbocycles. The van der Waals surface area contributed by atoms with E-state index in [0.717, 1.165) is 5.56 Å². The number of rotatable bonds is 6. The summed E-state index contributed by atoms with van der Waals surface area (Å²) >= 11 is 0. The van der Waals surface area contributed by atoms with Gasteiger partial charge in [0.25, 0.3) is 0 Å². The van der Waals surface area contributed by atoms with Gasteiger partial charge >= 0.3 is 0 Å². The van der Waals surface area contributed by atoms with Crippen LogP contribution < -0.4 is 0 Å². The first-order valence-corrected chi connectivity index (χ1v) is 6.33. The van der Waals surface area contributed by atoms with Crippen LogP contribution in [0.1, 0.15) is 12.5 Å². The Kier molecular flexibility index (Phi) is 5.53. The van der Waals surface area contributed by atoms with E-state index in [-0.39, 0.29) is 6.61 Å². The molecule has 0 aliphatic rings. The summed E-state index contributed by atoms with van der Waals surface area (Å²) in [6, 6.07) is 9.87. The highest BCUT2D eigenvalue weighted by atomic mass is 32.2.